The molecule has 0 radical (unpaired) electrons. The maximum Gasteiger partial charge on any atom is 0.336 e. The number of benzene rings is 1. The van der Waals surface area contributed by atoms with Gasteiger partial charge < -0.3 is 9.63 Å². The van der Waals surface area contributed by atoms with Crippen molar-refractivity contribution in [2.24, 2.45) is 0 Å². The number of rotatable bonds is 6. The van der Waals surface area contributed by atoms with Crippen LogP contribution in [0, 0.1) is 0 Å². The maximum atomic E-state index is 12.1. The van der Waals surface area contributed by atoms with Crippen molar-refractivity contribution in [3.8, 4) is 0 Å². The van der Waals surface area contributed by atoms with E-state index in [-0.39, 0.29) is 23.4 Å². The number of aromatic carboxylic acids is 1. The monoisotopic (exact) mass is 375 g/mol. The van der Waals surface area contributed by atoms with Crippen LogP contribution in [0.1, 0.15) is 16.2 Å². The molecule has 2 rings (SSSR count). The van der Waals surface area contributed by atoms with Crippen LogP contribution >= 0.6 is 15.9 Å². The van der Waals surface area contributed by atoms with Gasteiger partial charge in [0.25, 0.3) is 0 Å². The first kappa shape index (κ1) is 15.6. The minimum atomic E-state index is -3.81. The summed E-state index contributed by atoms with van der Waals surface area (Å²) in [6, 6.07) is 3.77. The molecule has 0 saturated carbocycles. The summed E-state index contributed by atoms with van der Waals surface area (Å²) in [7, 11) is -3.81. The van der Waals surface area contributed by atoms with Crippen LogP contribution < -0.4 is 4.72 Å². The Labute approximate surface area is 128 Å². The van der Waals surface area contributed by atoms with Crippen molar-refractivity contribution in [3.05, 3.63) is 40.5 Å². The standard InChI is InChI=1S/C11H10BrN3O5S/c12-9-2-1-7(5-8(9)11(16)17)21(18,19)15-4-3-10-13-6-14-20-10/h1-2,5-6,15H,3-4H2,(H,16,17). The normalized spacial score (nSPS) is 11.5. The van der Waals surface area contributed by atoms with E-state index in [1.807, 2.05) is 0 Å². The molecule has 2 N–H and O–H groups in total. The molecule has 1 aromatic carbocycles. The largest absolute Gasteiger partial charge is 0.478 e. The highest BCUT2D eigenvalue weighted by molar-refractivity contribution is 9.10. The van der Waals surface area contributed by atoms with Crippen LogP contribution in [0.25, 0.3) is 0 Å². The van der Waals surface area contributed by atoms with Crippen LogP contribution in [0.2, 0.25) is 0 Å². The van der Waals surface area contributed by atoms with Gasteiger partial charge in [-0.05, 0) is 34.1 Å². The Hall–Kier alpha value is -1.78. The molecule has 0 fully saturated rings. The van der Waals surface area contributed by atoms with E-state index in [9.17, 15) is 13.2 Å². The lowest BCUT2D eigenvalue weighted by Crippen LogP contribution is -2.26. The molecule has 0 atom stereocenters. The number of nitrogens with zero attached hydrogens (tertiary/aromatic N) is 2. The van der Waals surface area contributed by atoms with E-state index >= 15 is 0 Å². The van der Waals surface area contributed by atoms with Gasteiger partial charge in [0.05, 0.1) is 10.5 Å². The van der Waals surface area contributed by atoms with Gasteiger partial charge in [-0.2, -0.15) is 4.98 Å². The summed E-state index contributed by atoms with van der Waals surface area (Å²) in [5.74, 6) is -0.912. The van der Waals surface area contributed by atoms with Crippen molar-refractivity contribution < 1.29 is 22.8 Å². The van der Waals surface area contributed by atoms with E-state index in [1.165, 1.54) is 18.5 Å². The minimum absolute atomic E-state index is 0.0585. The van der Waals surface area contributed by atoms with Gasteiger partial charge in [-0.3, -0.25) is 0 Å². The van der Waals surface area contributed by atoms with Crippen molar-refractivity contribution in [1.82, 2.24) is 14.9 Å². The third-order valence-electron chi connectivity index (χ3n) is 2.52. The fourth-order valence-corrected chi connectivity index (χ4v) is 2.99. The van der Waals surface area contributed by atoms with E-state index in [2.05, 4.69) is 30.8 Å². The Morgan fingerprint density at radius 3 is 2.81 bits per heavy atom. The van der Waals surface area contributed by atoms with Crippen LogP contribution in [-0.2, 0) is 16.4 Å². The predicted molar refractivity (Wildman–Crippen MR) is 74.3 cm³/mol. The lowest BCUT2D eigenvalue weighted by Gasteiger charge is -2.07. The molecule has 0 saturated heterocycles. The number of hydrogen-bond acceptors (Lipinski definition) is 6. The molecule has 0 aliphatic heterocycles. The summed E-state index contributed by atoms with van der Waals surface area (Å²) in [6.07, 6.45) is 1.46. The summed E-state index contributed by atoms with van der Waals surface area (Å²) in [4.78, 5) is 14.6. The fourth-order valence-electron chi connectivity index (χ4n) is 1.52. The van der Waals surface area contributed by atoms with Crippen molar-refractivity contribution in [3.63, 3.8) is 0 Å². The smallest absolute Gasteiger partial charge is 0.336 e. The Morgan fingerprint density at radius 1 is 1.43 bits per heavy atom. The van der Waals surface area contributed by atoms with Crippen molar-refractivity contribution in [2.45, 2.75) is 11.3 Å². The van der Waals surface area contributed by atoms with Crippen molar-refractivity contribution in [1.29, 1.82) is 0 Å². The molecule has 112 valence electrons. The molecule has 0 unspecified atom stereocenters. The highest BCUT2D eigenvalue weighted by Crippen LogP contribution is 2.21. The lowest BCUT2D eigenvalue weighted by atomic mass is 10.2. The Balaban J connectivity index is 2.12. The third-order valence-corrected chi connectivity index (χ3v) is 4.67. The number of hydrogen-bond donors (Lipinski definition) is 2. The van der Waals surface area contributed by atoms with Gasteiger partial charge in [-0.25, -0.2) is 17.9 Å². The summed E-state index contributed by atoms with van der Waals surface area (Å²) in [5, 5.41) is 12.4. The topological polar surface area (TPSA) is 122 Å². The van der Waals surface area contributed by atoms with Gasteiger partial charge >= 0.3 is 5.97 Å². The molecule has 1 aromatic heterocycles. The molecule has 0 aliphatic rings. The molecule has 8 nitrogen and oxygen atoms in total. The van der Waals surface area contributed by atoms with Gasteiger partial charge in [0.2, 0.25) is 15.9 Å². The molecule has 21 heavy (non-hydrogen) atoms. The van der Waals surface area contributed by atoms with Crippen molar-refractivity contribution in [2.75, 3.05) is 6.54 Å². The number of halogens is 1. The summed E-state index contributed by atoms with van der Waals surface area (Å²) < 4.78 is 31.5. The number of carbonyl (C=O) groups is 1. The Morgan fingerprint density at radius 2 is 2.19 bits per heavy atom. The van der Waals surface area contributed by atoms with Crippen LogP contribution in [0.4, 0.5) is 0 Å². The van der Waals surface area contributed by atoms with Crippen LogP contribution in [-0.4, -0.2) is 36.2 Å². The molecular weight excluding hydrogens is 366 g/mol. The van der Waals surface area contributed by atoms with E-state index in [4.69, 9.17) is 9.63 Å². The fraction of sp³-hybridized carbons (Fsp3) is 0.182. The van der Waals surface area contributed by atoms with E-state index < -0.39 is 16.0 Å². The second-order valence-electron chi connectivity index (χ2n) is 3.93. The maximum absolute atomic E-state index is 12.1. The van der Waals surface area contributed by atoms with E-state index in [1.54, 1.807) is 0 Å². The van der Waals surface area contributed by atoms with Crippen LogP contribution in [0.3, 0.4) is 0 Å². The Kier molecular flexibility index (Phi) is 4.70. The molecule has 10 heteroatoms. The predicted octanol–water partition coefficient (Wildman–Crippen LogP) is 1.05. The summed E-state index contributed by atoms with van der Waals surface area (Å²) in [6.45, 7) is 0.0585. The number of sulfonamides is 1. The lowest BCUT2D eigenvalue weighted by molar-refractivity contribution is 0.0695. The average molecular weight is 376 g/mol. The molecule has 2 aromatic rings. The SMILES string of the molecule is O=C(O)c1cc(S(=O)(=O)NCCc2ncno2)ccc1Br. The molecule has 0 amide bonds. The first-order valence-corrected chi connectivity index (χ1v) is 7.96. The van der Waals surface area contributed by atoms with Gasteiger partial charge in [-0.1, -0.05) is 5.16 Å². The zero-order valence-electron chi connectivity index (χ0n) is 10.5. The number of carboxylic acids is 1. The molecule has 0 spiro atoms. The second-order valence-corrected chi connectivity index (χ2v) is 6.55. The quantitative estimate of drug-likeness (QED) is 0.773. The number of carboxylic acid groups (broad SMARTS) is 1. The molecular formula is C11H10BrN3O5S. The molecule has 1 heterocycles. The van der Waals surface area contributed by atoms with Gasteiger partial charge in [-0.15, -0.1) is 0 Å². The van der Waals surface area contributed by atoms with E-state index in [0.29, 0.717) is 10.4 Å². The molecule has 0 aliphatic carbocycles. The summed E-state index contributed by atoms with van der Waals surface area (Å²) in [5.41, 5.74) is -0.130. The Bertz CT molecular complexity index is 745. The zero-order valence-corrected chi connectivity index (χ0v) is 12.9. The summed E-state index contributed by atoms with van der Waals surface area (Å²) >= 11 is 3.05. The van der Waals surface area contributed by atoms with Gasteiger partial charge in [0.15, 0.2) is 6.33 Å². The van der Waals surface area contributed by atoms with E-state index in [0.717, 1.165) is 6.07 Å². The van der Waals surface area contributed by atoms with Gasteiger partial charge in [0.1, 0.15) is 0 Å². The zero-order chi connectivity index (χ0) is 15.5. The third kappa shape index (κ3) is 3.86. The molecule has 0 bridgehead atoms. The average Bonchev–Trinajstić information content (AvgIpc) is 2.91. The van der Waals surface area contributed by atoms with Gasteiger partial charge in [0, 0.05) is 17.4 Å². The number of nitrogens with one attached hydrogen (secondary N) is 1. The van der Waals surface area contributed by atoms with Crippen LogP contribution in [0.15, 0.2) is 38.4 Å². The first-order chi connectivity index (χ1) is 9.90. The highest BCUT2D eigenvalue weighted by atomic mass is 79.9. The minimum Gasteiger partial charge on any atom is -0.478 e. The number of aromatic nitrogens is 2. The second kappa shape index (κ2) is 6.33. The van der Waals surface area contributed by atoms with Crippen LogP contribution in [0.5, 0.6) is 0 Å². The highest BCUT2D eigenvalue weighted by Gasteiger charge is 2.18. The van der Waals surface area contributed by atoms with Crippen molar-refractivity contribution >= 4 is 31.9 Å². The first-order valence-electron chi connectivity index (χ1n) is 5.68.